The number of rotatable bonds is 3. The molecule has 0 bridgehead atoms. The van der Waals surface area contributed by atoms with Gasteiger partial charge >= 0.3 is 0 Å². The Morgan fingerprint density at radius 2 is 1.37 bits per heavy atom. The predicted molar refractivity (Wildman–Crippen MR) is 180 cm³/mol. The van der Waals surface area contributed by atoms with Crippen LogP contribution in [0.2, 0.25) is 0 Å². The van der Waals surface area contributed by atoms with E-state index in [1.807, 2.05) is 6.07 Å². The van der Waals surface area contributed by atoms with Crippen LogP contribution < -0.4 is 5.43 Å². The molecule has 0 aliphatic heterocycles. The van der Waals surface area contributed by atoms with Gasteiger partial charge in [0.15, 0.2) is 0 Å². The van der Waals surface area contributed by atoms with Crippen LogP contribution in [0.25, 0.3) is 60.6 Å². The monoisotopic (exact) mass is 561 g/mol. The normalized spacial score (nSPS) is 14.0. The number of hydrogen-bond acceptors (Lipinski definition) is 2. The Labute approximate surface area is 251 Å². The molecule has 2 aromatic heterocycles. The van der Waals surface area contributed by atoms with Crippen molar-refractivity contribution >= 4 is 43.7 Å². The van der Waals surface area contributed by atoms with E-state index >= 15 is 0 Å². The zero-order chi connectivity index (χ0) is 29.8. The summed E-state index contributed by atoms with van der Waals surface area (Å²) in [6.07, 6.45) is 0. The van der Waals surface area contributed by atoms with Crippen molar-refractivity contribution in [3.63, 3.8) is 0 Å². The average molecular weight is 562 g/mol. The molecule has 0 spiro atoms. The van der Waals surface area contributed by atoms with E-state index in [1.165, 1.54) is 33.0 Å². The SMILES string of the molecule is CC(C)c1ccc(C(C)C)c2c(=O)c3ccc(-n4c5ccccc5c5cc6c(cc54)C(C)(C)c4ccccc4-6)cc3oc12. The molecule has 1 aliphatic rings. The number of aromatic nitrogens is 1. The van der Waals surface area contributed by atoms with Crippen molar-refractivity contribution in [2.45, 2.75) is 58.8 Å². The summed E-state index contributed by atoms with van der Waals surface area (Å²) in [6.45, 7) is 13.2. The maximum Gasteiger partial charge on any atom is 0.200 e. The predicted octanol–water partition coefficient (Wildman–Crippen LogP) is 10.6. The van der Waals surface area contributed by atoms with Crippen molar-refractivity contribution in [1.82, 2.24) is 4.57 Å². The summed E-state index contributed by atoms with van der Waals surface area (Å²) >= 11 is 0. The fraction of sp³-hybridized carbons (Fsp3) is 0.225. The van der Waals surface area contributed by atoms with Gasteiger partial charge < -0.3 is 8.98 Å². The van der Waals surface area contributed by atoms with Crippen LogP contribution in [0.3, 0.4) is 0 Å². The summed E-state index contributed by atoms with van der Waals surface area (Å²) in [4.78, 5) is 14.1. The van der Waals surface area contributed by atoms with Gasteiger partial charge in [0, 0.05) is 27.9 Å². The molecule has 0 amide bonds. The molecule has 8 rings (SSSR count). The summed E-state index contributed by atoms with van der Waals surface area (Å²) in [5, 5.41) is 3.78. The maximum absolute atomic E-state index is 14.1. The van der Waals surface area contributed by atoms with E-state index in [0.717, 1.165) is 38.8 Å². The third kappa shape index (κ3) is 3.51. The number of benzene rings is 5. The van der Waals surface area contributed by atoms with Crippen LogP contribution in [0.4, 0.5) is 0 Å². The van der Waals surface area contributed by atoms with E-state index < -0.39 is 0 Å². The maximum atomic E-state index is 14.1. The molecule has 0 unspecified atom stereocenters. The second-order valence-electron chi connectivity index (χ2n) is 13.3. The Hall–Kier alpha value is -4.63. The minimum Gasteiger partial charge on any atom is -0.455 e. The molecular formula is C40H35NO2. The van der Waals surface area contributed by atoms with E-state index in [0.29, 0.717) is 11.0 Å². The molecule has 2 heterocycles. The van der Waals surface area contributed by atoms with E-state index in [2.05, 4.69) is 131 Å². The van der Waals surface area contributed by atoms with Crippen molar-refractivity contribution in [3.05, 3.63) is 123 Å². The van der Waals surface area contributed by atoms with Crippen molar-refractivity contribution in [2.75, 3.05) is 0 Å². The minimum atomic E-state index is -0.0993. The first kappa shape index (κ1) is 26.0. The third-order valence-corrected chi connectivity index (χ3v) is 9.75. The third-order valence-electron chi connectivity index (χ3n) is 9.75. The molecule has 212 valence electrons. The van der Waals surface area contributed by atoms with Gasteiger partial charge in [-0.2, -0.15) is 0 Å². The van der Waals surface area contributed by atoms with Gasteiger partial charge in [0.2, 0.25) is 5.43 Å². The summed E-state index contributed by atoms with van der Waals surface area (Å²) in [5.74, 6) is 0.456. The highest BCUT2D eigenvalue weighted by atomic mass is 16.3. The van der Waals surface area contributed by atoms with Gasteiger partial charge in [-0.25, -0.2) is 0 Å². The largest absolute Gasteiger partial charge is 0.455 e. The summed E-state index contributed by atoms with van der Waals surface area (Å²) in [6, 6.07) is 32.5. The summed E-state index contributed by atoms with van der Waals surface area (Å²) < 4.78 is 9.04. The first-order valence-corrected chi connectivity index (χ1v) is 15.4. The lowest BCUT2D eigenvalue weighted by Gasteiger charge is -2.21. The molecule has 43 heavy (non-hydrogen) atoms. The van der Waals surface area contributed by atoms with E-state index in [4.69, 9.17) is 4.42 Å². The van der Waals surface area contributed by atoms with Gasteiger partial charge in [0.05, 0.1) is 21.8 Å². The molecule has 3 nitrogen and oxygen atoms in total. The molecule has 7 aromatic rings. The van der Waals surface area contributed by atoms with E-state index in [1.54, 1.807) is 0 Å². The molecule has 5 aromatic carbocycles. The smallest absolute Gasteiger partial charge is 0.200 e. The fourth-order valence-electron chi connectivity index (χ4n) is 7.50. The van der Waals surface area contributed by atoms with Gasteiger partial charge in [-0.3, -0.25) is 4.79 Å². The molecule has 0 N–H and O–H groups in total. The molecule has 3 heteroatoms. The zero-order valence-corrected chi connectivity index (χ0v) is 25.6. The fourth-order valence-corrected chi connectivity index (χ4v) is 7.50. The van der Waals surface area contributed by atoms with Crippen LogP contribution in [-0.2, 0) is 5.41 Å². The van der Waals surface area contributed by atoms with Crippen molar-refractivity contribution < 1.29 is 4.42 Å². The van der Waals surface area contributed by atoms with Crippen LogP contribution in [0.5, 0.6) is 0 Å². The average Bonchev–Trinajstić information content (AvgIpc) is 3.44. The number of para-hydroxylation sites is 1. The van der Waals surface area contributed by atoms with Crippen molar-refractivity contribution in [1.29, 1.82) is 0 Å². The second kappa shape index (κ2) is 8.94. The van der Waals surface area contributed by atoms with Gasteiger partial charge in [-0.05, 0) is 75.5 Å². The lowest BCUT2D eigenvalue weighted by atomic mass is 9.82. The highest BCUT2D eigenvalue weighted by Crippen LogP contribution is 2.51. The van der Waals surface area contributed by atoms with Crippen LogP contribution in [-0.4, -0.2) is 4.57 Å². The van der Waals surface area contributed by atoms with Crippen molar-refractivity contribution in [3.8, 4) is 16.8 Å². The molecule has 0 atom stereocenters. The summed E-state index contributed by atoms with van der Waals surface area (Å²) in [5.41, 5.74) is 12.0. The lowest BCUT2D eigenvalue weighted by Crippen LogP contribution is -2.15. The molecule has 0 saturated carbocycles. The Morgan fingerprint density at radius 1 is 0.651 bits per heavy atom. The first-order chi connectivity index (χ1) is 20.7. The number of nitrogens with zero attached hydrogens (tertiary/aromatic N) is 1. The van der Waals surface area contributed by atoms with Crippen molar-refractivity contribution in [2.24, 2.45) is 0 Å². The standard InChI is InChI=1S/C40H35NO2/c1-22(2)25-17-18-26(23(3)4)39-37(25)38(42)29-16-15-24(19-36(29)43-39)41-34-14-10-8-12-28(34)31-20-30-27-11-7-9-13-32(27)40(5,6)33(30)21-35(31)41/h7-23H,1-6H3. The molecule has 0 saturated heterocycles. The molecule has 0 fully saturated rings. The quantitative estimate of drug-likeness (QED) is 0.201. The molecule has 0 radical (unpaired) electrons. The highest BCUT2D eigenvalue weighted by Gasteiger charge is 2.36. The first-order valence-electron chi connectivity index (χ1n) is 15.4. The molecule has 1 aliphatic carbocycles. The van der Waals surface area contributed by atoms with Gasteiger partial charge in [-0.15, -0.1) is 0 Å². The van der Waals surface area contributed by atoms with E-state index in [9.17, 15) is 4.79 Å². The minimum absolute atomic E-state index is 0.0496. The zero-order valence-electron chi connectivity index (χ0n) is 25.6. The van der Waals surface area contributed by atoms with Crippen LogP contribution in [0, 0.1) is 0 Å². The Bertz CT molecular complexity index is 2350. The van der Waals surface area contributed by atoms with Crippen LogP contribution in [0.15, 0.2) is 100 Å². The van der Waals surface area contributed by atoms with Crippen LogP contribution in [0.1, 0.15) is 75.6 Å². The second-order valence-corrected chi connectivity index (χ2v) is 13.3. The van der Waals surface area contributed by atoms with E-state index in [-0.39, 0.29) is 22.7 Å². The van der Waals surface area contributed by atoms with Gasteiger partial charge in [-0.1, -0.05) is 96.1 Å². The van der Waals surface area contributed by atoms with Crippen LogP contribution >= 0.6 is 0 Å². The number of fused-ring (bicyclic) bond motifs is 8. The molecular weight excluding hydrogens is 526 g/mol. The lowest BCUT2D eigenvalue weighted by molar-refractivity contribution is 0.646. The topological polar surface area (TPSA) is 35.1 Å². The Kier molecular flexibility index (Phi) is 5.41. The van der Waals surface area contributed by atoms with Gasteiger partial charge in [0.1, 0.15) is 11.2 Å². The van der Waals surface area contributed by atoms with Gasteiger partial charge in [0.25, 0.3) is 0 Å². The Balaban J connectivity index is 1.44. The Morgan fingerprint density at radius 3 is 2.16 bits per heavy atom. The highest BCUT2D eigenvalue weighted by molar-refractivity contribution is 6.12. The summed E-state index contributed by atoms with van der Waals surface area (Å²) in [7, 11) is 0. The number of hydrogen-bond donors (Lipinski definition) is 0.